The fourth-order valence-electron chi connectivity index (χ4n) is 3.09. The summed E-state index contributed by atoms with van der Waals surface area (Å²) in [7, 11) is -0.784. The van der Waals surface area contributed by atoms with Gasteiger partial charge in [0.2, 0.25) is 15.7 Å². The Morgan fingerprint density at radius 1 is 1.03 bits per heavy atom. The Balaban J connectivity index is 1.83. The predicted octanol–water partition coefficient (Wildman–Crippen LogP) is 4.25. The smallest absolute Gasteiger partial charge is 0.241 e. The molecule has 1 N–H and O–H groups in total. The number of benzene rings is 3. The van der Waals surface area contributed by atoms with Gasteiger partial charge in [0.25, 0.3) is 0 Å². The van der Waals surface area contributed by atoms with Crippen LogP contribution < -0.4 is 10.1 Å². The molecule has 0 aliphatic carbocycles. The summed E-state index contributed by atoms with van der Waals surface area (Å²) < 4.78 is 31.7. The first-order valence-corrected chi connectivity index (χ1v) is 11.4. The summed E-state index contributed by atoms with van der Waals surface area (Å²) in [6, 6.07) is 20.5. The van der Waals surface area contributed by atoms with E-state index in [-0.39, 0.29) is 33.0 Å². The third-order valence-corrected chi connectivity index (χ3v) is 6.68. The van der Waals surface area contributed by atoms with Gasteiger partial charge >= 0.3 is 0 Å². The molecule has 0 radical (unpaired) electrons. The van der Waals surface area contributed by atoms with Crippen molar-refractivity contribution in [2.45, 2.75) is 16.3 Å². The maximum Gasteiger partial charge on any atom is 0.241 e. The SMILES string of the molecule is COc1c(NCC(=O)N(C)Cc2ccccc2)cc(Cl)cc1S(=O)(=O)c1ccccc1. The molecule has 3 aromatic rings. The molecule has 1 amide bonds. The third-order valence-electron chi connectivity index (χ3n) is 4.69. The van der Waals surface area contributed by atoms with Gasteiger partial charge in [-0.05, 0) is 29.8 Å². The molecule has 0 unspecified atom stereocenters. The normalized spacial score (nSPS) is 11.1. The first-order chi connectivity index (χ1) is 14.8. The highest BCUT2D eigenvalue weighted by Gasteiger charge is 2.25. The second kappa shape index (κ2) is 9.85. The summed E-state index contributed by atoms with van der Waals surface area (Å²) in [5.74, 6) is -0.0647. The van der Waals surface area contributed by atoms with Crippen LogP contribution in [0.15, 0.2) is 82.6 Å². The van der Waals surface area contributed by atoms with Gasteiger partial charge in [0.15, 0.2) is 5.75 Å². The molecule has 0 aliphatic heterocycles. The van der Waals surface area contributed by atoms with Gasteiger partial charge in [-0.1, -0.05) is 60.1 Å². The Kier molecular flexibility index (Phi) is 7.20. The Labute approximate surface area is 187 Å². The molecule has 0 spiro atoms. The van der Waals surface area contributed by atoms with Gasteiger partial charge in [0.05, 0.1) is 24.2 Å². The molecule has 0 atom stereocenters. The standard InChI is InChI=1S/C23H23ClN2O4S/c1-26(16-17-9-5-3-6-10-17)22(27)15-25-20-13-18(24)14-21(23(20)30-2)31(28,29)19-11-7-4-8-12-19/h3-14,25H,15-16H2,1-2H3. The summed E-state index contributed by atoms with van der Waals surface area (Å²) in [5, 5.41) is 3.18. The summed E-state index contributed by atoms with van der Waals surface area (Å²) in [6.45, 7) is 0.409. The van der Waals surface area contributed by atoms with Gasteiger partial charge in [-0.15, -0.1) is 0 Å². The van der Waals surface area contributed by atoms with E-state index in [1.807, 2.05) is 30.3 Å². The van der Waals surface area contributed by atoms with E-state index in [9.17, 15) is 13.2 Å². The highest BCUT2D eigenvalue weighted by Crippen LogP contribution is 2.38. The number of halogens is 1. The number of hydrogen-bond donors (Lipinski definition) is 1. The van der Waals surface area contributed by atoms with Crippen LogP contribution in [0, 0.1) is 0 Å². The van der Waals surface area contributed by atoms with E-state index in [1.165, 1.54) is 31.4 Å². The van der Waals surface area contributed by atoms with Crippen molar-refractivity contribution in [3.63, 3.8) is 0 Å². The Hall–Kier alpha value is -3.03. The van der Waals surface area contributed by atoms with E-state index in [4.69, 9.17) is 16.3 Å². The van der Waals surface area contributed by atoms with Crippen LogP contribution in [0.4, 0.5) is 5.69 Å². The van der Waals surface area contributed by atoms with Gasteiger partial charge in [-0.25, -0.2) is 8.42 Å². The van der Waals surface area contributed by atoms with Gasteiger partial charge in [0.1, 0.15) is 4.90 Å². The predicted molar refractivity (Wildman–Crippen MR) is 121 cm³/mol. The fourth-order valence-corrected chi connectivity index (χ4v) is 4.86. The number of likely N-dealkylation sites (N-methyl/N-ethyl adjacent to an activating group) is 1. The minimum absolute atomic E-state index is 0.0507. The van der Waals surface area contributed by atoms with E-state index in [1.54, 1.807) is 30.1 Å². The molecule has 0 saturated carbocycles. The lowest BCUT2D eigenvalue weighted by molar-refractivity contribution is -0.128. The molecular formula is C23H23ClN2O4S. The number of rotatable bonds is 8. The summed E-state index contributed by atoms with van der Waals surface area (Å²) in [4.78, 5) is 14.2. The highest BCUT2D eigenvalue weighted by molar-refractivity contribution is 7.91. The monoisotopic (exact) mass is 458 g/mol. The van der Waals surface area contributed by atoms with Gasteiger partial charge in [0, 0.05) is 18.6 Å². The lowest BCUT2D eigenvalue weighted by atomic mass is 10.2. The number of sulfone groups is 1. The molecule has 0 fully saturated rings. The molecular weight excluding hydrogens is 436 g/mol. The van der Waals surface area contributed by atoms with Crippen LogP contribution in [0.25, 0.3) is 0 Å². The minimum Gasteiger partial charge on any atom is -0.493 e. The van der Waals surface area contributed by atoms with E-state index in [2.05, 4.69) is 5.32 Å². The van der Waals surface area contributed by atoms with Crippen molar-refractivity contribution in [3.05, 3.63) is 83.4 Å². The van der Waals surface area contributed by atoms with Crippen molar-refractivity contribution < 1.29 is 17.9 Å². The molecule has 0 aliphatic rings. The zero-order chi connectivity index (χ0) is 22.4. The van der Waals surface area contributed by atoms with Crippen molar-refractivity contribution in [2.24, 2.45) is 0 Å². The lowest BCUT2D eigenvalue weighted by Crippen LogP contribution is -2.31. The molecule has 3 aromatic carbocycles. The Morgan fingerprint density at radius 3 is 2.26 bits per heavy atom. The average Bonchev–Trinajstić information content (AvgIpc) is 2.78. The van der Waals surface area contributed by atoms with Gasteiger partial charge < -0.3 is 15.0 Å². The molecule has 162 valence electrons. The van der Waals surface area contributed by atoms with Crippen molar-refractivity contribution in [3.8, 4) is 5.75 Å². The quantitative estimate of drug-likeness (QED) is 0.546. The molecule has 31 heavy (non-hydrogen) atoms. The van der Waals surface area contributed by atoms with E-state index < -0.39 is 9.84 Å². The van der Waals surface area contributed by atoms with Crippen LogP contribution in [-0.4, -0.2) is 39.9 Å². The lowest BCUT2D eigenvalue weighted by Gasteiger charge is -2.20. The van der Waals surface area contributed by atoms with Crippen LogP contribution in [0.5, 0.6) is 5.75 Å². The van der Waals surface area contributed by atoms with E-state index in [0.717, 1.165) is 5.56 Å². The van der Waals surface area contributed by atoms with Crippen LogP contribution in [-0.2, 0) is 21.2 Å². The van der Waals surface area contributed by atoms with Crippen LogP contribution >= 0.6 is 11.6 Å². The van der Waals surface area contributed by atoms with Crippen molar-refractivity contribution >= 4 is 33.0 Å². The molecule has 8 heteroatoms. The van der Waals surface area contributed by atoms with E-state index >= 15 is 0 Å². The molecule has 3 rings (SSSR count). The number of methoxy groups -OCH3 is 1. The van der Waals surface area contributed by atoms with Crippen LogP contribution in [0.1, 0.15) is 5.56 Å². The largest absolute Gasteiger partial charge is 0.493 e. The summed E-state index contributed by atoms with van der Waals surface area (Å²) in [6.07, 6.45) is 0. The summed E-state index contributed by atoms with van der Waals surface area (Å²) in [5.41, 5.74) is 1.33. The van der Waals surface area contributed by atoms with Gasteiger partial charge in [-0.3, -0.25) is 4.79 Å². The number of nitrogens with one attached hydrogen (secondary N) is 1. The number of ether oxygens (including phenoxy) is 1. The molecule has 0 heterocycles. The second-order valence-corrected chi connectivity index (χ2v) is 9.24. The molecule has 6 nitrogen and oxygen atoms in total. The van der Waals surface area contributed by atoms with Crippen molar-refractivity contribution in [2.75, 3.05) is 26.0 Å². The number of nitrogens with zero attached hydrogens (tertiary/aromatic N) is 1. The zero-order valence-electron chi connectivity index (χ0n) is 17.2. The zero-order valence-corrected chi connectivity index (χ0v) is 18.8. The third kappa shape index (κ3) is 5.37. The average molecular weight is 459 g/mol. The second-order valence-electron chi connectivity index (χ2n) is 6.89. The number of amides is 1. The number of anilines is 1. The number of hydrogen-bond acceptors (Lipinski definition) is 5. The number of carbonyl (C=O) groups is 1. The van der Waals surface area contributed by atoms with Gasteiger partial charge in [-0.2, -0.15) is 0 Å². The number of carbonyl (C=O) groups excluding carboxylic acids is 1. The molecule has 0 saturated heterocycles. The minimum atomic E-state index is -3.87. The first-order valence-electron chi connectivity index (χ1n) is 9.52. The molecule has 0 bridgehead atoms. The van der Waals surface area contributed by atoms with Crippen molar-refractivity contribution in [1.82, 2.24) is 4.90 Å². The first kappa shape index (κ1) is 22.7. The maximum absolute atomic E-state index is 13.1. The van der Waals surface area contributed by atoms with Crippen LogP contribution in [0.2, 0.25) is 5.02 Å². The topological polar surface area (TPSA) is 75.7 Å². The highest BCUT2D eigenvalue weighted by atomic mass is 35.5. The Bertz CT molecular complexity index is 1150. The maximum atomic E-state index is 13.1. The Morgan fingerprint density at radius 2 is 1.65 bits per heavy atom. The molecule has 0 aromatic heterocycles. The summed E-state index contributed by atoms with van der Waals surface area (Å²) >= 11 is 6.20. The van der Waals surface area contributed by atoms with Crippen molar-refractivity contribution in [1.29, 1.82) is 0 Å². The van der Waals surface area contributed by atoms with Crippen LogP contribution in [0.3, 0.4) is 0 Å². The fraction of sp³-hybridized carbons (Fsp3) is 0.174. The van der Waals surface area contributed by atoms with E-state index in [0.29, 0.717) is 12.2 Å².